The van der Waals surface area contributed by atoms with Crippen molar-refractivity contribution >= 4 is 5.97 Å². The standard InChI is InChI=1S/C6H8O2.K/c1-2-3-4-5-6(7)8;/h2-5H,1H3,(H,7,8);/q;+1/p-1/b3-2-,5-4+;. The molecule has 0 saturated carbocycles. The SMILES string of the molecule is C/C=C\C=C\C(=O)[O-].[K+]. The quantitative estimate of drug-likeness (QED) is 0.237. The van der Waals surface area contributed by atoms with Gasteiger partial charge in [-0.25, -0.2) is 0 Å². The van der Waals surface area contributed by atoms with Crippen LogP contribution in [0.1, 0.15) is 6.92 Å². The van der Waals surface area contributed by atoms with Crippen molar-refractivity contribution in [2.24, 2.45) is 0 Å². The summed E-state index contributed by atoms with van der Waals surface area (Å²) in [7, 11) is 0. The van der Waals surface area contributed by atoms with Crippen LogP contribution in [0.15, 0.2) is 24.3 Å². The maximum atomic E-state index is 9.64. The van der Waals surface area contributed by atoms with Gasteiger partial charge in [-0.3, -0.25) is 0 Å². The Kier molecular flexibility index (Phi) is 11.7. The average molecular weight is 150 g/mol. The molecule has 0 heterocycles. The fourth-order valence-electron chi connectivity index (χ4n) is 0.245. The first-order valence-electron chi connectivity index (χ1n) is 2.27. The van der Waals surface area contributed by atoms with Gasteiger partial charge in [0.05, 0.1) is 5.97 Å². The fraction of sp³-hybridized carbons (Fsp3) is 0.167. The largest absolute Gasteiger partial charge is 1.00 e. The molecule has 0 aliphatic carbocycles. The van der Waals surface area contributed by atoms with Crippen molar-refractivity contribution in [3.63, 3.8) is 0 Å². The van der Waals surface area contributed by atoms with E-state index in [4.69, 9.17) is 0 Å². The summed E-state index contributed by atoms with van der Waals surface area (Å²) in [5.41, 5.74) is 0. The molecule has 9 heavy (non-hydrogen) atoms. The molecule has 2 nitrogen and oxygen atoms in total. The van der Waals surface area contributed by atoms with E-state index in [1.165, 1.54) is 6.08 Å². The molecule has 0 radical (unpaired) electrons. The second-order valence-corrected chi connectivity index (χ2v) is 1.20. The summed E-state index contributed by atoms with van der Waals surface area (Å²) in [6, 6.07) is 0. The number of hydrogen-bond acceptors (Lipinski definition) is 2. The molecule has 0 N–H and O–H groups in total. The fourth-order valence-corrected chi connectivity index (χ4v) is 0.245. The molecule has 0 fully saturated rings. The summed E-state index contributed by atoms with van der Waals surface area (Å²) in [5, 5.41) is 9.64. The third kappa shape index (κ3) is 11.9. The molecule has 0 unspecified atom stereocenters. The topological polar surface area (TPSA) is 40.1 Å². The minimum Gasteiger partial charge on any atom is -0.545 e. The van der Waals surface area contributed by atoms with Gasteiger partial charge in [0.25, 0.3) is 0 Å². The molecule has 0 rings (SSSR count). The zero-order valence-electron chi connectivity index (χ0n) is 5.63. The minimum absolute atomic E-state index is 0. The average Bonchev–Trinajstić information content (AvgIpc) is 1.66. The van der Waals surface area contributed by atoms with Crippen LogP contribution in [0, 0.1) is 0 Å². The van der Waals surface area contributed by atoms with Crippen molar-refractivity contribution in [1.82, 2.24) is 0 Å². The predicted molar refractivity (Wildman–Crippen MR) is 29.0 cm³/mol. The van der Waals surface area contributed by atoms with Gasteiger partial charge in [-0.15, -0.1) is 0 Å². The molecule has 0 saturated heterocycles. The molecular weight excluding hydrogens is 143 g/mol. The van der Waals surface area contributed by atoms with Crippen molar-refractivity contribution in [2.75, 3.05) is 0 Å². The third-order valence-corrected chi connectivity index (χ3v) is 0.536. The molecule has 3 heteroatoms. The van der Waals surface area contributed by atoms with Crippen LogP contribution in [0.3, 0.4) is 0 Å². The summed E-state index contributed by atoms with van der Waals surface area (Å²) in [4.78, 5) is 9.64. The first-order chi connectivity index (χ1) is 3.77. The van der Waals surface area contributed by atoms with Gasteiger partial charge >= 0.3 is 51.4 Å². The zero-order chi connectivity index (χ0) is 6.41. The number of carbonyl (C=O) groups is 1. The van der Waals surface area contributed by atoms with Crippen molar-refractivity contribution in [2.45, 2.75) is 6.92 Å². The molecule has 0 aromatic rings. The van der Waals surface area contributed by atoms with Gasteiger partial charge in [-0.2, -0.15) is 0 Å². The molecule has 0 amide bonds. The van der Waals surface area contributed by atoms with Gasteiger partial charge in [0.1, 0.15) is 0 Å². The van der Waals surface area contributed by atoms with Gasteiger partial charge in [-0.1, -0.05) is 18.2 Å². The van der Waals surface area contributed by atoms with Crippen LogP contribution < -0.4 is 56.5 Å². The number of aliphatic carboxylic acids is 1. The van der Waals surface area contributed by atoms with E-state index in [9.17, 15) is 9.90 Å². The summed E-state index contributed by atoms with van der Waals surface area (Å²) < 4.78 is 0. The molecule has 0 aromatic carbocycles. The van der Waals surface area contributed by atoms with Gasteiger partial charge in [-0.05, 0) is 13.0 Å². The minimum atomic E-state index is -1.16. The summed E-state index contributed by atoms with van der Waals surface area (Å²) >= 11 is 0. The zero-order valence-corrected chi connectivity index (χ0v) is 8.75. The van der Waals surface area contributed by atoms with Gasteiger partial charge in [0.2, 0.25) is 0 Å². The molecule has 0 atom stereocenters. The van der Waals surface area contributed by atoms with Crippen LogP contribution in [0.25, 0.3) is 0 Å². The number of allylic oxidation sites excluding steroid dienone is 3. The molecule has 44 valence electrons. The Morgan fingerprint density at radius 2 is 2.00 bits per heavy atom. The van der Waals surface area contributed by atoms with E-state index in [0.717, 1.165) is 6.08 Å². The van der Waals surface area contributed by atoms with Gasteiger partial charge < -0.3 is 9.90 Å². The van der Waals surface area contributed by atoms with E-state index >= 15 is 0 Å². The Bertz CT molecular complexity index is 127. The Balaban J connectivity index is 0. The van der Waals surface area contributed by atoms with Crippen molar-refractivity contribution in [1.29, 1.82) is 0 Å². The van der Waals surface area contributed by atoms with E-state index < -0.39 is 5.97 Å². The number of carboxylic acid groups (broad SMARTS) is 1. The second-order valence-electron chi connectivity index (χ2n) is 1.20. The smallest absolute Gasteiger partial charge is 0.545 e. The van der Waals surface area contributed by atoms with E-state index in [-0.39, 0.29) is 51.4 Å². The van der Waals surface area contributed by atoms with E-state index in [1.807, 2.05) is 0 Å². The van der Waals surface area contributed by atoms with Crippen molar-refractivity contribution in [3.8, 4) is 0 Å². The predicted octanol–water partition coefficient (Wildman–Crippen LogP) is -3.13. The second kappa shape index (κ2) is 8.59. The van der Waals surface area contributed by atoms with Crippen LogP contribution in [-0.2, 0) is 4.79 Å². The first-order valence-corrected chi connectivity index (χ1v) is 2.27. The number of hydrogen-bond donors (Lipinski definition) is 0. The third-order valence-electron chi connectivity index (χ3n) is 0.536. The van der Waals surface area contributed by atoms with Gasteiger partial charge in [0, 0.05) is 0 Å². The van der Waals surface area contributed by atoms with Crippen LogP contribution in [0.4, 0.5) is 0 Å². The molecule has 0 aromatic heterocycles. The molecule has 0 spiro atoms. The first kappa shape index (κ1) is 12.3. The van der Waals surface area contributed by atoms with E-state index in [2.05, 4.69) is 0 Å². The molecular formula is C6H7KO2. The molecule has 0 bridgehead atoms. The van der Waals surface area contributed by atoms with Crippen LogP contribution in [0.5, 0.6) is 0 Å². The Hall–Kier alpha value is 0.586. The maximum absolute atomic E-state index is 9.64. The maximum Gasteiger partial charge on any atom is 1.00 e. The number of carbonyl (C=O) groups excluding carboxylic acids is 1. The van der Waals surface area contributed by atoms with Crippen LogP contribution in [0.2, 0.25) is 0 Å². The van der Waals surface area contributed by atoms with E-state index in [0.29, 0.717) is 0 Å². The summed E-state index contributed by atoms with van der Waals surface area (Å²) in [6.45, 7) is 1.81. The Morgan fingerprint density at radius 1 is 1.44 bits per heavy atom. The van der Waals surface area contributed by atoms with Gasteiger partial charge in [0.15, 0.2) is 0 Å². The molecule has 0 aliphatic rings. The summed E-state index contributed by atoms with van der Waals surface area (Å²) in [6.07, 6.45) is 5.74. The number of rotatable bonds is 2. The Labute approximate surface area is 97.1 Å². The monoisotopic (exact) mass is 150 g/mol. The van der Waals surface area contributed by atoms with Crippen molar-refractivity contribution in [3.05, 3.63) is 24.3 Å². The van der Waals surface area contributed by atoms with Crippen molar-refractivity contribution < 1.29 is 61.3 Å². The van der Waals surface area contributed by atoms with Crippen LogP contribution in [-0.4, -0.2) is 5.97 Å². The Morgan fingerprint density at radius 3 is 2.33 bits per heavy atom. The molecule has 0 aliphatic heterocycles. The summed E-state index contributed by atoms with van der Waals surface area (Å²) in [5.74, 6) is -1.16. The van der Waals surface area contributed by atoms with E-state index in [1.54, 1.807) is 19.1 Å². The van der Waals surface area contributed by atoms with Crippen LogP contribution >= 0.6 is 0 Å². The normalized spacial score (nSPS) is 9.89. The number of carboxylic acids is 1.